The van der Waals surface area contributed by atoms with Crippen LogP contribution in [0, 0.1) is 0 Å². The Hall–Kier alpha value is -0.380. The maximum absolute atomic E-state index is 6.02. The van der Waals surface area contributed by atoms with Crippen LogP contribution in [0.3, 0.4) is 0 Å². The second-order valence-corrected chi connectivity index (χ2v) is 5.67. The molecule has 0 spiro atoms. The molecule has 0 atom stereocenters. The Morgan fingerprint density at radius 3 is 3.00 bits per heavy atom. The summed E-state index contributed by atoms with van der Waals surface area (Å²) in [4.78, 5) is 0. The van der Waals surface area contributed by atoms with E-state index in [2.05, 4.69) is 11.6 Å². The van der Waals surface area contributed by atoms with Crippen LogP contribution >= 0.6 is 23.4 Å². The van der Waals surface area contributed by atoms with Crippen LogP contribution in [0.1, 0.15) is 18.4 Å². The summed E-state index contributed by atoms with van der Waals surface area (Å²) < 4.78 is 5.77. The zero-order valence-electron chi connectivity index (χ0n) is 10.0. The molecule has 0 unspecified atom stereocenters. The van der Waals surface area contributed by atoms with Gasteiger partial charge in [-0.1, -0.05) is 11.6 Å². The van der Waals surface area contributed by atoms with Crippen molar-refractivity contribution in [2.45, 2.75) is 25.4 Å². The van der Waals surface area contributed by atoms with Gasteiger partial charge in [0.15, 0.2) is 0 Å². The smallest absolute Gasteiger partial charge is 0.123 e. The molecule has 0 heterocycles. The third kappa shape index (κ3) is 4.41. The highest BCUT2D eigenvalue weighted by Gasteiger charge is 2.20. The Kier molecular flexibility index (Phi) is 5.01. The molecule has 1 aromatic rings. The Morgan fingerprint density at radius 1 is 1.47 bits per heavy atom. The van der Waals surface area contributed by atoms with Crippen molar-refractivity contribution in [3.8, 4) is 5.75 Å². The highest BCUT2D eigenvalue weighted by molar-refractivity contribution is 7.98. The quantitative estimate of drug-likeness (QED) is 0.769. The van der Waals surface area contributed by atoms with Gasteiger partial charge in [-0.2, -0.15) is 11.8 Å². The Bertz CT molecular complexity index is 368. The number of halogens is 1. The lowest BCUT2D eigenvalue weighted by Crippen LogP contribution is -2.16. The highest BCUT2D eigenvalue weighted by atomic mass is 35.5. The van der Waals surface area contributed by atoms with Gasteiger partial charge in [0.05, 0.1) is 6.61 Å². The number of rotatable bonds is 7. The van der Waals surface area contributed by atoms with E-state index < -0.39 is 0 Å². The summed E-state index contributed by atoms with van der Waals surface area (Å²) in [5.41, 5.74) is 1.16. The van der Waals surface area contributed by atoms with E-state index in [-0.39, 0.29) is 0 Å². The molecule has 2 rings (SSSR count). The standard InChI is InChI=1S/C13H18ClNOS/c1-17-7-6-16-13-5-2-11(14)8-10(13)9-15-12-3-4-12/h2,5,8,12,15H,3-4,6-7,9H2,1H3. The SMILES string of the molecule is CSCCOc1ccc(Cl)cc1CNC1CC1. The zero-order valence-corrected chi connectivity index (χ0v) is 11.6. The normalized spacial score (nSPS) is 14.9. The number of hydrogen-bond acceptors (Lipinski definition) is 3. The number of nitrogens with one attached hydrogen (secondary N) is 1. The van der Waals surface area contributed by atoms with Crippen molar-refractivity contribution in [3.63, 3.8) is 0 Å². The molecule has 1 aromatic carbocycles. The number of hydrogen-bond donors (Lipinski definition) is 1. The number of thioether (sulfide) groups is 1. The lowest BCUT2D eigenvalue weighted by molar-refractivity contribution is 0.339. The molecule has 94 valence electrons. The van der Waals surface area contributed by atoms with Crippen molar-refractivity contribution in [1.82, 2.24) is 5.32 Å². The first-order valence-corrected chi connectivity index (χ1v) is 7.70. The molecule has 0 aliphatic heterocycles. The summed E-state index contributed by atoms with van der Waals surface area (Å²) in [5, 5.41) is 4.26. The minimum Gasteiger partial charge on any atom is -0.492 e. The molecule has 1 N–H and O–H groups in total. The average Bonchev–Trinajstić information content (AvgIpc) is 3.13. The van der Waals surface area contributed by atoms with Crippen molar-refractivity contribution in [2.24, 2.45) is 0 Å². The molecule has 17 heavy (non-hydrogen) atoms. The van der Waals surface area contributed by atoms with Crippen molar-refractivity contribution < 1.29 is 4.74 Å². The van der Waals surface area contributed by atoms with Gasteiger partial charge in [0.25, 0.3) is 0 Å². The van der Waals surface area contributed by atoms with Crippen LogP contribution in [0.15, 0.2) is 18.2 Å². The molecule has 0 bridgehead atoms. The monoisotopic (exact) mass is 271 g/mol. The largest absolute Gasteiger partial charge is 0.492 e. The van der Waals surface area contributed by atoms with Gasteiger partial charge in [-0.3, -0.25) is 0 Å². The van der Waals surface area contributed by atoms with Gasteiger partial charge in [0.1, 0.15) is 5.75 Å². The van der Waals surface area contributed by atoms with Gasteiger partial charge in [-0.05, 0) is 37.3 Å². The average molecular weight is 272 g/mol. The Balaban J connectivity index is 1.95. The Morgan fingerprint density at radius 2 is 2.29 bits per heavy atom. The van der Waals surface area contributed by atoms with Crippen molar-refractivity contribution in [3.05, 3.63) is 28.8 Å². The lowest BCUT2D eigenvalue weighted by atomic mass is 10.2. The van der Waals surface area contributed by atoms with E-state index in [4.69, 9.17) is 16.3 Å². The molecule has 1 aliphatic carbocycles. The predicted molar refractivity (Wildman–Crippen MR) is 75.2 cm³/mol. The topological polar surface area (TPSA) is 21.3 Å². The number of ether oxygens (including phenoxy) is 1. The summed E-state index contributed by atoms with van der Waals surface area (Å²) in [5.74, 6) is 1.97. The zero-order chi connectivity index (χ0) is 12.1. The van der Waals surface area contributed by atoms with Gasteiger partial charge >= 0.3 is 0 Å². The van der Waals surface area contributed by atoms with Gasteiger partial charge in [0.2, 0.25) is 0 Å². The third-order valence-corrected chi connectivity index (χ3v) is 3.54. The molecule has 1 saturated carbocycles. The van der Waals surface area contributed by atoms with Gasteiger partial charge in [0, 0.05) is 28.9 Å². The first kappa shape index (κ1) is 13.1. The first-order chi connectivity index (χ1) is 8.29. The van der Waals surface area contributed by atoms with E-state index in [1.807, 2.05) is 18.2 Å². The fourth-order valence-corrected chi connectivity index (χ4v) is 2.05. The van der Waals surface area contributed by atoms with Crippen molar-refractivity contribution >= 4 is 23.4 Å². The summed E-state index contributed by atoms with van der Waals surface area (Å²) >= 11 is 7.81. The second-order valence-electron chi connectivity index (χ2n) is 4.25. The van der Waals surface area contributed by atoms with E-state index >= 15 is 0 Å². The van der Waals surface area contributed by atoms with Gasteiger partial charge in [-0.25, -0.2) is 0 Å². The van der Waals surface area contributed by atoms with Gasteiger partial charge in [-0.15, -0.1) is 0 Å². The molecule has 4 heteroatoms. The molecular weight excluding hydrogens is 254 g/mol. The molecular formula is C13H18ClNOS. The molecule has 0 radical (unpaired) electrons. The predicted octanol–water partition coefficient (Wildman–Crippen LogP) is 3.33. The van der Waals surface area contributed by atoms with Crippen LogP contribution in [0.5, 0.6) is 5.75 Å². The summed E-state index contributed by atoms with van der Waals surface area (Å²) in [6.45, 7) is 1.60. The van der Waals surface area contributed by atoms with E-state index in [1.54, 1.807) is 11.8 Å². The molecule has 1 fully saturated rings. The highest BCUT2D eigenvalue weighted by Crippen LogP contribution is 2.25. The Labute approximate surface area is 112 Å². The van der Waals surface area contributed by atoms with Crippen LogP contribution in [0.2, 0.25) is 5.02 Å². The fraction of sp³-hybridized carbons (Fsp3) is 0.538. The maximum Gasteiger partial charge on any atom is 0.123 e. The summed E-state index contributed by atoms with van der Waals surface area (Å²) in [6, 6.07) is 6.54. The number of benzene rings is 1. The van der Waals surface area contributed by atoms with E-state index in [1.165, 1.54) is 12.8 Å². The van der Waals surface area contributed by atoms with E-state index in [0.717, 1.165) is 35.2 Å². The minimum absolute atomic E-state index is 0.702. The molecule has 2 nitrogen and oxygen atoms in total. The van der Waals surface area contributed by atoms with E-state index in [9.17, 15) is 0 Å². The van der Waals surface area contributed by atoms with E-state index in [0.29, 0.717) is 6.04 Å². The molecule has 0 aromatic heterocycles. The van der Waals surface area contributed by atoms with Crippen LogP contribution < -0.4 is 10.1 Å². The molecule has 0 amide bonds. The van der Waals surface area contributed by atoms with Crippen LogP contribution in [0.4, 0.5) is 0 Å². The second kappa shape index (κ2) is 6.53. The van der Waals surface area contributed by atoms with Crippen LogP contribution in [0.25, 0.3) is 0 Å². The summed E-state index contributed by atoms with van der Waals surface area (Å²) in [7, 11) is 0. The summed E-state index contributed by atoms with van der Waals surface area (Å²) in [6.07, 6.45) is 4.67. The minimum atomic E-state index is 0.702. The molecule has 0 saturated heterocycles. The molecule has 1 aliphatic rings. The maximum atomic E-state index is 6.02. The first-order valence-electron chi connectivity index (χ1n) is 5.93. The van der Waals surface area contributed by atoms with Crippen LogP contribution in [-0.2, 0) is 6.54 Å². The lowest BCUT2D eigenvalue weighted by Gasteiger charge is -2.12. The van der Waals surface area contributed by atoms with Gasteiger partial charge < -0.3 is 10.1 Å². The van der Waals surface area contributed by atoms with Crippen LogP contribution in [-0.4, -0.2) is 24.7 Å². The fourth-order valence-electron chi connectivity index (χ4n) is 1.60. The van der Waals surface area contributed by atoms with Crippen molar-refractivity contribution in [1.29, 1.82) is 0 Å². The third-order valence-electron chi connectivity index (χ3n) is 2.73. The van der Waals surface area contributed by atoms with Crippen molar-refractivity contribution in [2.75, 3.05) is 18.6 Å².